The summed E-state index contributed by atoms with van der Waals surface area (Å²) in [6, 6.07) is 13.1. The number of likely N-dealkylation sites (tertiary alicyclic amines) is 1. The summed E-state index contributed by atoms with van der Waals surface area (Å²) >= 11 is 18.2. The minimum absolute atomic E-state index is 0.0143. The average Bonchev–Trinajstić information content (AvgIpc) is 2.65. The van der Waals surface area contributed by atoms with Crippen LogP contribution in [0.15, 0.2) is 42.5 Å². The number of piperidine rings is 1. The fraction of sp³-hybridized carbons (Fsp3) is 0.381. The zero-order valence-electron chi connectivity index (χ0n) is 15.2. The molecule has 0 aromatic heterocycles. The first-order valence-corrected chi connectivity index (χ1v) is 10.3. The molecule has 1 fully saturated rings. The summed E-state index contributed by atoms with van der Waals surface area (Å²) in [5.74, 6) is 0.0870. The van der Waals surface area contributed by atoms with E-state index in [4.69, 9.17) is 34.8 Å². The maximum atomic E-state index is 12.8. The Morgan fingerprint density at radius 3 is 2.56 bits per heavy atom. The molecule has 1 N–H and O–H groups in total. The van der Waals surface area contributed by atoms with Gasteiger partial charge in [0.15, 0.2) is 0 Å². The molecule has 6 heteroatoms. The van der Waals surface area contributed by atoms with E-state index in [0.717, 1.165) is 43.6 Å². The first kappa shape index (κ1) is 20.5. The molecule has 1 heterocycles. The Morgan fingerprint density at radius 2 is 1.85 bits per heavy atom. The molecule has 1 amide bonds. The van der Waals surface area contributed by atoms with Crippen molar-refractivity contribution >= 4 is 40.7 Å². The molecular formula is C21H23Cl3N2O. The molecule has 0 bridgehead atoms. The number of nitrogens with one attached hydrogen (secondary N) is 1. The largest absolute Gasteiger partial charge is 0.349 e. The Bertz CT molecular complexity index is 795. The Kier molecular flexibility index (Phi) is 7.04. The highest BCUT2D eigenvalue weighted by Crippen LogP contribution is 2.25. The van der Waals surface area contributed by atoms with Gasteiger partial charge < -0.3 is 5.32 Å². The SMILES string of the molecule is C[C@@H](NC(=O)[C@H]1CCCN(Cc2ccc(Cl)cc2Cl)C1)c1ccc(Cl)cc1. The lowest BCUT2D eigenvalue weighted by atomic mass is 9.96. The first-order chi connectivity index (χ1) is 12.9. The monoisotopic (exact) mass is 424 g/mol. The van der Waals surface area contributed by atoms with Crippen molar-refractivity contribution in [1.29, 1.82) is 0 Å². The van der Waals surface area contributed by atoms with Gasteiger partial charge in [-0.1, -0.05) is 53.0 Å². The number of rotatable bonds is 5. The van der Waals surface area contributed by atoms with Gasteiger partial charge in [0.2, 0.25) is 5.91 Å². The first-order valence-electron chi connectivity index (χ1n) is 9.14. The molecule has 0 unspecified atom stereocenters. The predicted molar refractivity (Wildman–Crippen MR) is 112 cm³/mol. The quantitative estimate of drug-likeness (QED) is 0.663. The summed E-state index contributed by atoms with van der Waals surface area (Å²) in [5.41, 5.74) is 2.09. The molecule has 1 saturated heterocycles. The summed E-state index contributed by atoms with van der Waals surface area (Å²) in [6.07, 6.45) is 1.91. The molecule has 0 aliphatic carbocycles. The zero-order chi connectivity index (χ0) is 19.4. The second-order valence-electron chi connectivity index (χ2n) is 7.09. The van der Waals surface area contributed by atoms with Crippen molar-refractivity contribution in [3.63, 3.8) is 0 Å². The van der Waals surface area contributed by atoms with Crippen LogP contribution in [0.5, 0.6) is 0 Å². The maximum Gasteiger partial charge on any atom is 0.224 e. The summed E-state index contributed by atoms with van der Waals surface area (Å²) in [7, 11) is 0. The van der Waals surface area contributed by atoms with E-state index in [9.17, 15) is 4.79 Å². The van der Waals surface area contributed by atoms with Crippen LogP contribution in [0.1, 0.15) is 36.9 Å². The van der Waals surface area contributed by atoms with Crippen molar-refractivity contribution in [1.82, 2.24) is 10.2 Å². The highest BCUT2D eigenvalue weighted by atomic mass is 35.5. The third-order valence-corrected chi connectivity index (χ3v) is 5.85. The van der Waals surface area contributed by atoms with Crippen LogP contribution in [0.4, 0.5) is 0 Å². The van der Waals surface area contributed by atoms with E-state index in [0.29, 0.717) is 15.1 Å². The lowest BCUT2D eigenvalue weighted by Crippen LogP contribution is -2.43. The number of nitrogens with zero attached hydrogens (tertiary/aromatic N) is 1. The third-order valence-electron chi connectivity index (χ3n) is 5.01. The molecule has 3 nitrogen and oxygen atoms in total. The average molecular weight is 426 g/mol. The van der Waals surface area contributed by atoms with Crippen LogP contribution in [0.25, 0.3) is 0 Å². The fourth-order valence-corrected chi connectivity index (χ4v) is 4.06. The minimum Gasteiger partial charge on any atom is -0.349 e. The van der Waals surface area contributed by atoms with E-state index < -0.39 is 0 Å². The van der Waals surface area contributed by atoms with Crippen molar-refractivity contribution in [3.05, 3.63) is 68.7 Å². The van der Waals surface area contributed by atoms with Crippen molar-refractivity contribution < 1.29 is 4.79 Å². The normalized spacial score (nSPS) is 18.9. The van der Waals surface area contributed by atoms with Crippen LogP contribution >= 0.6 is 34.8 Å². The predicted octanol–water partition coefficient (Wildman–Crippen LogP) is 5.74. The molecule has 0 radical (unpaired) electrons. The van der Waals surface area contributed by atoms with Gasteiger partial charge in [-0.3, -0.25) is 9.69 Å². The number of hydrogen-bond donors (Lipinski definition) is 1. The highest BCUT2D eigenvalue weighted by Gasteiger charge is 2.27. The van der Waals surface area contributed by atoms with E-state index in [1.54, 1.807) is 6.07 Å². The van der Waals surface area contributed by atoms with Gasteiger partial charge in [-0.05, 0) is 61.7 Å². The minimum atomic E-state index is -0.0455. The fourth-order valence-electron chi connectivity index (χ4n) is 3.47. The van der Waals surface area contributed by atoms with Gasteiger partial charge in [0.25, 0.3) is 0 Å². The van der Waals surface area contributed by atoms with Gasteiger partial charge in [0.05, 0.1) is 12.0 Å². The van der Waals surface area contributed by atoms with E-state index in [1.807, 2.05) is 43.3 Å². The van der Waals surface area contributed by atoms with Gasteiger partial charge in [0, 0.05) is 28.2 Å². The smallest absolute Gasteiger partial charge is 0.224 e. The van der Waals surface area contributed by atoms with Crippen LogP contribution < -0.4 is 5.32 Å². The van der Waals surface area contributed by atoms with Crippen molar-refractivity contribution in [3.8, 4) is 0 Å². The number of hydrogen-bond acceptors (Lipinski definition) is 2. The summed E-state index contributed by atoms with van der Waals surface area (Å²) in [4.78, 5) is 15.0. The summed E-state index contributed by atoms with van der Waals surface area (Å²) in [5, 5.41) is 5.14. The molecule has 1 aliphatic rings. The van der Waals surface area contributed by atoms with Crippen LogP contribution in [0.3, 0.4) is 0 Å². The molecule has 2 atom stereocenters. The Hall–Kier alpha value is -1.26. The van der Waals surface area contributed by atoms with E-state index in [1.165, 1.54) is 0 Å². The molecule has 2 aromatic carbocycles. The van der Waals surface area contributed by atoms with Gasteiger partial charge in [-0.2, -0.15) is 0 Å². The zero-order valence-corrected chi connectivity index (χ0v) is 17.5. The number of carbonyl (C=O) groups excluding carboxylic acids is 1. The van der Waals surface area contributed by atoms with Crippen molar-refractivity contribution in [2.24, 2.45) is 5.92 Å². The lowest BCUT2D eigenvalue weighted by molar-refractivity contribution is -0.127. The number of carbonyl (C=O) groups is 1. The van der Waals surface area contributed by atoms with Crippen molar-refractivity contribution in [2.45, 2.75) is 32.4 Å². The molecule has 0 spiro atoms. The molecule has 1 aliphatic heterocycles. The molecule has 2 aromatic rings. The molecule has 0 saturated carbocycles. The van der Waals surface area contributed by atoms with Gasteiger partial charge in [0.1, 0.15) is 0 Å². The number of amides is 1. The molecular weight excluding hydrogens is 403 g/mol. The summed E-state index contributed by atoms with van der Waals surface area (Å²) < 4.78 is 0. The Labute approximate surface area is 175 Å². The van der Waals surface area contributed by atoms with Crippen molar-refractivity contribution in [2.75, 3.05) is 13.1 Å². The number of halogens is 3. The number of benzene rings is 2. The Morgan fingerprint density at radius 1 is 1.15 bits per heavy atom. The second-order valence-corrected chi connectivity index (χ2v) is 8.37. The van der Waals surface area contributed by atoms with Gasteiger partial charge >= 0.3 is 0 Å². The topological polar surface area (TPSA) is 32.3 Å². The summed E-state index contributed by atoms with van der Waals surface area (Å²) in [6.45, 7) is 4.43. The second kappa shape index (κ2) is 9.29. The van der Waals surface area contributed by atoms with E-state index >= 15 is 0 Å². The van der Waals surface area contributed by atoms with Crippen LogP contribution in [-0.4, -0.2) is 23.9 Å². The third kappa shape index (κ3) is 5.61. The van der Waals surface area contributed by atoms with E-state index in [2.05, 4.69) is 10.2 Å². The molecule has 3 rings (SSSR count). The van der Waals surface area contributed by atoms with Crippen LogP contribution in [-0.2, 0) is 11.3 Å². The van der Waals surface area contributed by atoms with E-state index in [-0.39, 0.29) is 17.9 Å². The lowest BCUT2D eigenvalue weighted by Gasteiger charge is -2.32. The maximum absolute atomic E-state index is 12.8. The Balaban J connectivity index is 1.58. The molecule has 27 heavy (non-hydrogen) atoms. The van der Waals surface area contributed by atoms with Crippen LogP contribution in [0, 0.1) is 5.92 Å². The molecule has 144 valence electrons. The van der Waals surface area contributed by atoms with Crippen LogP contribution in [0.2, 0.25) is 15.1 Å². The standard InChI is InChI=1S/C21H23Cl3N2O/c1-14(15-4-7-18(22)8-5-15)25-21(27)17-3-2-10-26(13-17)12-16-6-9-19(23)11-20(16)24/h4-9,11,14,17H,2-3,10,12-13H2,1H3,(H,25,27)/t14-,17+/m1/s1. The van der Waals surface area contributed by atoms with Gasteiger partial charge in [-0.25, -0.2) is 0 Å². The van der Waals surface area contributed by atoms with Gasteiger partial charge in [-0.15, -0.1) is 0 Å². The highest BCUT2D eigenvalue weighted by molar-refractivity contribution is 6.35.